The van der Waals surface area contributed by atoms with Crippen LogP contribution in [0, 0.1) is 0 Å². The summed E-state index contributed by atoms with van der Waals surface area (Å²) < 4.78 is 0. The van der Waals surface area contributed by atoms with Crippen LogP contribution in [0.2, 0.25) is 0 Å². The number of hydrogen-bond acceptors (Lipinski definition) is 2. The van der Waals surface area contributed by atoms with Crippen molar-refractivity contribution in [1.29, 1.82) is 0 Å². The lowest BCUT2D eigenvalue weighted by molar-refractivity contribution is 1.00. The number of hydrogen-bond donors (Lipinski definition) is 2. The van der Waals surface area contributed by atoms with Gasteiger partial charge in [-0.05, 0) is 5.75 Å². The molecule has 1 aromatic heterocycles. The Kier molecular flexibility index (Phi) is 1.97. The predicted molar refractivity (Wildman–Crippen MR) is 36.1 cm³/mol. The first-order chi connectivity index (χ1) is 3.93. The molecule has 0 unspecified atom stereocenters. The standard InChI is InChI=1S/C5H8N2S/c8-4-1-5-6-2-3-7-5/h2-3,8H,1,4H2,(H,6,7). The molecule has 0 spiro atoms. The minimum Gasteiger partial charge on any atom is -0.349 e. The van der Waals surface area contributed by atoms with Gasteiger partial charge in [-0.3, -0.25) is 0 Å². The summed E-state index contributed by atoms with van der Waals surface area (Å²) in [5, 5.41) is 0. The summed E-state index contributed by atoms with van der Waals surface area (Å²) in [4.78, 5) is 6.98. The second-order valence-electron chi connectivity index (χ2n) is 1.51. The average molecular weight is 128 g/mol. The molecule has 0 amide bonds. The number of aromatic amines is 1. The molecule has 0 atom stereocenters. The van der Waals surface area contributed by atoms with Crippen molar-refractivity contribution in [1.82, 2.24) is 9.97 Å². The first kappa shape index (κ1) is 5.69. The van der Waals surface area contributed by atoms with Crippen molar-refractivity contribution >= 4 is 12.6 Å². The van der Waals surface area contributed by atoms with Gasteiger partial charge in [0.1, 0.15) is 5.82 Å². The number of rotatable bonds is 2. The Morgan fingerprint density at radius 3 is 3.12 bits per heavy atom. The third kappa shape index (κ3) is 1.26. The molecule has 0 aliphatic rings. The summed E-state index contributed by atoms with van der Waals surface area (Å²) in [5.41, 5.74) is 0. The molecule has 0 aliphatic heterocycles. The third-order valence-electron chi connectivity index (χ3n) is 0.903. The van der Waals surface area contributed by atoms with E-state index in [1.165, 1.54) is 0 Å². The van der Waals surface area contributed by atoms with Gasteiger partial charge in [-0.2, -0.15) is 12.6 Å². The third-order valence-corrected chi connectivity index (χ3v) is 1.13. The summed E-state index contributed by atoms with van der Waals surface area (Å²) in [6.07, 6.45) is 4.49. The van der Waals surface area contributed by atoms with Crippen molar-refractivity contribution in [3.63, 3.8) is 0 Å². The van der Waals surface area contributed by atoms with Gasteiger partial charge in [0.25, 0.3) is 0 Å². The number of nitrogens with one attached hydrogen (secondary N) is 1. The van der Waals surface area contributed by atoms with E-state index in [0.29, 0.717) is 0 Å². The Morgan fingerprint density at radius 2 is 2.62 bits per heavy atom. The van der Waals surface area contributed by atoms with Crippen LogP contribution < -0.4 is 0 Å². The lowest BCUT2D eigenvalue weighted by atomic mass is 10.5. The van der Waals surface area contributed by atoms with Gasteiger partial charge < -0.3 is 4.98 Å². The molecule has 0 fully saturated rings. The average Bonchev–Trinajstić information content (AvgIpc) is 2.19. The molecule has 8 heavy (non-hydrogen) atoms. The van der Waals surface area contributed by atoms with Crippen LogP contribution in [0.15, 0.2) is 12.4 Å². The van der Waals surface area contributed by atoms with Crippen LogP contribution in [0.4, 0.5) is 0 Å². The van der Waals surface area contributed by atoms with Crippen LogP contribution in [-0.4, -0.2) is 15.7 Å². The normalized spacial score (nSPS) is 9.62. The molecule has 1 N–H and O–H groups in total. The Morgan fingerprint density at radius 1 is 1.75 bits per heavy atom. The van der Waals surface area contributed by atoms with Gasteiger partial charge in [0.2, 0.25) is 0 Å². The molecule has 0 bridgehead atoms. The second kappa shape index (κ2) is 2.77. The summed E-state index contributed by atoms with van der Waals surface area (Å²) in [7, 11) is 0. The molecule has 1 heterocycles. The molecule has 0 radical (unpaired) electrons. The SMILES string of the molecule is SCCc1ncc[nH]1. The first-order valence-corrected chi connectivity index (χ1v) is 3.16. The smallest absolute Gasteiger partial charge is 0.106 e. The van der Waals surface area contributed by atoms with E-state index in [9.17, 15) is 0 Å². The van der Waals surface area contributed by atoms with Crippen molar-refractivity contribution in [3.05, 3.63) is 18.2 Å². The minimum atomic E-state index is 0.855. The zero-order valence-electron chi connectivity index (χ0n) is 4.46. The number of nitrogens with zero attached hydrogens (tertiary/aromatic N) is 1. The molecule has 44 valence electrons. The molecule has 0 aromatic carbocycles. The van der Waals surface area contributed by atoms with Crippen molar-refractivity contribution in [3.8, 4) is 0 Å². The van der Waals surface area contributed by atoms with E-state index >= 15 is 0 Å². The maximum atomic E-state index is 4.05. The minimum absolute atomic E-state index is 0.855. The van der Waals surface area contributed by atoms with Gasteiger partial charge >= 0.3 is 0 Å². The Hall–Kier alpha value is -0.440. The molecule has 1 rings (SSSR count). The quantitative estimate of drug-likeness (QED) is 0.569. The van der Waals surface area contributed by atoms with Crippen molar-refractivity contribution in [2.75, 3.05) is 5.75 Å². The van der Waals surface area contributed by atoms with E-state index in [2.05, 4.69) is 22.6 Å². The first-order valence-electron chi connectivity index (χ1n) is 2.52. The lowest BCUT2D eigenvalue weighted by Gasteiger charge is -1.85. The van der Waals surface area contributed by atoms with Crippen LogP contribution in [0.5, 0.6) is 0 Å². The number of thiol groups is 1. The highest BCUT2D eigenvalue weighted by Gasteiger charge is 1.87. The van der Waals surface area contributed by atoms with Gasteiger partial charge in [-0.15, -0.1) is 0 Å². The highest BCUT2D eigenvalue weighted by Crippen LogP contribution is 1.89. The van der Waals surface area contributed by atoms with Crippen LogP contribution in [0.1, 0.15) is 5.82 Å². The highest BCUT2D eigenvalue weighted by atomic mass is 32.1. The van der Waals surface area contributed by atoms with E-state index < -0.39 is 0 Å². The van der Waals surface area contributed by atoms with Crippen molar-refractivity contribution in [2.24, 2.45) is 0 Å². The monoisotopic (exact) mass is 128 g/mol. The summed E-state index contributed by atoms with van der Waals surface area (Å²) in [6, 6.07) is 0. The van der Waals surface area contributed by atoms with E-state index in [1.807, 2.05) is 6.20 Å². The van der Waals surface area contributed by atoms with Gasteiger partial charge in [0.05, 0.1) is 0 Å². The Balaban J connectivity index is 2.50. The Labute approximate surface area is 53.7 Å². The summed E-state index contributed by atoms with van der Waals surface area (Å²) in [6.45, 7) is 0. The summed E-state index contributed by atoms with van der Waals surface area (Å²) >= 11 is 4.05. The zero-order chi connectivity index (χ0) is 5.82. The maximum absolute atomic E-state index is 4.05. The number of H-pyrrole nitrogens is 1. The molecular weight excluding hydrogens is 120 g/mol. The van der Waals surface area contributed by atoms with Gasteiger partial charge in [0, 0.05) is 18.8 Å². The molecule has 2 nitrogen and oxygen atoms in total. The van der Waals surface area contributed by atoms with E-state index in [4.69, 9.17) is 0 Å². The van der Waals surface area contributed by atoms with Crippen LogP contribution in [0.25, 0.3) is 0 Å². The molecule has 0 saturated heterocycles. The highest BCUT2D eigenvalue weighted by molar-refractivity contribution is 7.80. The van der Waals surface area contributed by atoms with E-state index in [-0.39, 0.29) is 0 Å². The van der Waals surface area contributed by atoms with Gasteiger partial charge in [-0.25, -0.2) is 4.98 Å². The predicted octanol–water partition coefficient (Wildman–Crippen LogP) is 0.882. The van der Waals surface area contributed by atoms with Crippen molar-refractivity contribution in [2.45, 2.75) is 6.42 Å². The van der Waals surface area contributed by atoms with E-state index in [1.54, 1.807) is 6.20 Å². The maximum Gasteiger partial charge on any atom is 0.106 e. The second-order valence-corrected chi connectivity index (χ2v) is 1.96. The lowest BCUT2D eigenvalue weighted by Crippen LogP contribution is -1.86. The van der Waals surface area contributed by atoms with Crippen LogP contribution in [0.3, 0.4) is 0 Å². The fraction of sp³-hybridized carbons (Fsp3) is 0.400. The number of aromatic nitrogens is 2. The van der Waals surface area contributed by atoms with Crippen molar-refractivity contribution < 1.29 is 0 Å². The fourth-order valence-electron chi connectivity index (χ4n) is 0.541. The van der Waals surface area contributed by atoms with E-state index in [0.717, 1.165) is 18.0 Å². The van der Waals surface area contributed by atoms with Gasteiger partial charge in [-0.1, -0.05) is 0 Å². The zero-order valence-corrected chi connectivity index (χ0v) is 5.36. The molecule has 1 aromatic rings. The number of imidazole rings is 1. The fourth-order valence-corrected chi connectivity index (χ4v) is 0.752. The topological polar surface area (TPSA) is 28.7 Å². The van der Waals surface area contributed by atoms with Gasteiger partial charge in [0.15, 0.2) is 0 Å². The molecule has 3 heteroatoms. The largest absolute Gasteiger partial charge is 0.349 e. The van der Waals surface area contributed by atoms with Crippen LogP contribution in [-0.2, 0) is 6.42 Å². The number of aryl methyl sites for hydroxylation is 1. The molecule has 0 aliphatic carbocycles. The molecular formula is C5H8N2S. The summed E-state index contributed by atoms with van der Waals surface area (Å²) in [5.74, 6) is 1.87. The Bertz CT molecular complexity index is 136. The van der Waals surface area contributed by atoms with Crippen LogP contribution >= 0.6 is 12.6 Å². The molecule has 0 saturated carbocycles.